The summed E-state index contributed by atoms with van der Waals surface area (Å²) in [6.07, 6.45) is 1.84. The lowest BCUT2D eigenvalue weighted by Crippen LogP contribution is -2.07. The number of hydrogen-bond acceptors (Lipinski definition) is 3. The third-order valence-corrected chi connectivity index (χ3v) is 4.36. The molecule has 1 N–H and O–H groups in total. The lowest BCUT2D eigenvalue weighted by atomic mass is 10.1. The zero-order valence-electron chi connectivity index (χ0n) is 12.3. The molecule has 21 heavy (non-hydrogen) atoms. The van der Waals surface area contributed by atoms with Crippen LogP contribution in [0.2, 0.25) is 0 Å². The fraction of sp³-hybridized carbons (Fsp3) is 0.235. The summed E-state index contributed by atoms with van der Waals surface area (Å²) in [5, 5.41) is 2.81. The maximum atomic E-state index is 12.8. The van der Waals surface area contributed by atoms with Crippen LogP contribution in [0.5, 0.6) is 5.75 Å². The first kappa shape index (κ1) is 13.9. The van der Waals surface area contributed by atoms with Crippen LogP contribution >= 0.6 is 11.3 Å². The second-order valence-electron chi connectivity index (χ2n) is 5.31. The first-order valence-electron chi connectivity index (χ1n) is 6.93. The van der Waals surface area contributed by atoms with E-state index in [9.17, 15) is 4.79 Å². The molecule has 0 spiro atoms. The number of aryl methyl sites for hydroxylation is 1. The monoisotopic (exact) mass is 299 g/mol. The Morgan fingerprint density at radius 2 is 2.10 bits per heavy atom. The van der Waals surface area contributed by atoms with Gasteiger partial charge in [0.1, 0.15) is 5.75 Å². The van der Waals surface area contributed by atoms with E-state index in [-0.39, 0.29) is 11.9 Å². The van der Waals surface area contributed by atoms with Gasteiger partial charge in [-0.25, -0.2) is 0 Å². The van der Waals surface area contributed by atoms with Gasteiger partial charge in [-0.05, 0) is 49.9 Å². The van der Waals surface area contributed by atoms with Gasteiger partial charge in [-0.2, -0.15) is 0 Å². The standard InChI is InChI=1S/C17H17NO2S/c1-10(2)20-14-6-4-5-13-15(14)12(9-18-13)16(19)17-11(3)7-8-21-17/h4-10,18H,1-3H3. The molecular formula is C17H17NO2S. The molecule has 0 fully saturated rings. The van der Waals surface area contributed by atoms with Gasteiger partial charge in [0.15, 0.2) is 0 Å². The smallest absolute Gasteiger partial charge is 0.205 e. The molecule has 0 aliphatic rings. The lowest BCUT2D eigenvalue weighted by Gasteiger charge is -2.11. The van der Waals surface area contributed by atoms with Gasteiger partial charge in [-0.3, -0.25) is 4.79 Å². The maximum Gasteiger partial charge on any atom is 0.205 e. The van der Waals surface area contributed by atoms with Crippen molar-refractivity contribution in [3.05, 3.63) is 51.8 Å². The van der Waals surface area contributed by atoms with Crippen molar-refractivity contribution in [1.29, 1.82) is 0 Å². The second-order valence-corrected chi connectivity index (χ2v) is 6.23. The molecular weight excluding hydrogens is 282 g/mol. The van der Waals surface area contributed by atoms with Gasteiger partial charge in [-0.1, -0.05) is 6.07 Å². The largest absolute Gasteiger partial charge is 0.490 e. The van der Waals surface area contributed by atoms with Crippen molar-refractivity contribution in [1.82, 2.24) is 4.98 Å². The molecule has 0 saturated heterocycles. The van der Waals surface area contributed by atoms with E-state index in [0.717, 1.165) is 27.1 Å². The highest BCUT2D eigenvalue weighted by Crippen LogP contribution is 2.32. The highest BCUT2D eigenvalue weighted by molar-refractivity contribution is 7.12. The molecule has 2 aromatic heterocycles. The minimum Gasteiger partial charge on any atom is -0.490 e. The third-order valence-electron chi connectivity index (χ3n) is 3.34. The number of carbonyl (C=O) groups excluding carboxylic acids is 1. The number of carbonyl (C=O) groups is 1. The van der Waals surface area contributed by atoms with Gasteiger partial charge in [0, 0.05) is 11.7 Å². The van der Waals surface area contributed by atoms with Crippen molar-refractivity contribution in [2.24, 2.45) is 0 Å². The minimum atomic E-state index is 0.0496. The molecule has 2 heterocycles. The maximum absolute atomic E-state index is 12.8. The summed E-state index contributed by atoms with van der Waals surface area (Å²) < 4.78 is 5.86. The van der Waals surface area contributed by atoms with Crippen LogP contribution in [0.4, 0.5) is 0 Å². The number of rotatable bonds is 4. The summed E-state index contributed by atoms with van der Waals surface area (Å²) in [5.74, 6) is 0.801. The number of nitrogens with one attached hydrogen (secondary N) is 1. The predicted octanol–water partition coefficient (Wildman–Crippen LogP) is 4.56. The number of aromatic nitrogens is 1. The quantitative estimate of drug-likeness (QED) is 0.718. The van der Waals surface area contributed by atoms with Crippen molar-refractivity contribution >= 4 is 28.0 Å². The minimum absolute atomic E-state index is 0.0496. The number of thiophene rings is 1. The van der Waals surface area contributed by atoms with Gasteiger partial charge in [0.05, 0.1) is 21.9 Å². The van der Waals surface area contributed by atoms with Crippen LogP contribution < -0.4 is 4.74 Å². The molecule has 4 heteroatoms. The molecule has 0 aliphatic carbocycles. The molecule has 0 bridgehead atoms. The van der Waals surface area contributed by atoms with E-state index in [1.54, 1.807) is 6.20 Å². The number of hydrogen-bond donors (Lipinski definition) is 1. The molecule has 0 amide bonds. The van der Waals surface area contributed by atoms with Crippen molar-refractivity contribution in [2.75, 3.05) is 0 Å². The summed E-state index contributed by atoms with van der Waals surface area (Å²) in [4.78, 5) is 16.7. The Kier molecular flexibility index (Phi) is 3.55. The van der Waals surface area contributed by atoms with Crippen molar-refractivity contribution in [3.8, 4) is 5.75 Å². The fourth-order valence-electron chi connectivity index (χ4n) is 2.41. The van der Waals surface area contributed by atoms with E-state index in [2.05, 4.69) is 4.98 Å². The molecule has 0 aliphatic heterocycles. The molecule has 0 saturated carbocycles. The van der Waals surface area contributed by atoms with Crippen LogP contribution in [0.1, 0.15) is 34.6 Å². The van der Waals surface area contributed by atoms with E-state index >= 15 is 0 Å². The van der Waals surface area contributed by atoms with Crippen molar-refractivity contribution in [2.45, 2.75) is 26.9 Å². The van der Waals surface area contributed by atoms with E-state index in [1.807, 2.05) is 50.4 Å². The zero-order chi connectivity index (χ0) is 15.0. The second kappa shape index (κ2) is 5.37. The Balaban J connectivity index is 2.15. The Bertz CT molecular complexity index is 798. The zero-order valence-corrected chi connectivity index (χ0v) is 13.1. The molecule has 0 radical (unpaired) electrons. The molecule has 3 nitrogen and oxygen atoms in total. The van der Waals surface area contributed by atoms with E-state index < -0.39 is 0 Å². The van der Waals surface area contributed by atoms with Gasteiger partial charge in [0.25, 0.3) is 0 Å². The molecule has 3 aromatic rings. The van der Waals surface area contributed by atoms with Crippen molar-refractivity contribution < 1.29 is 9.53 Å². The first-order valence-corrected chi connectivity index (χ1v) is 7.81. The summed E-state index contributed by atoms with van der Waals surface area (Å²) in [7, 11) is 0. The van der Waals surface area contributed by atoms with E-state index in [1.165, 1.54) is 11.3 Å². The lowest BCUT2D eigenvalue weighted by molar-refractivity contribution is 0.104. The van der Waals surface area contributed by atoms with Crippen LogP contribution in [-0.4, -0.2) is 16.9 Å². The number of H-pyrrole nitrogens is 1. The number of ether oxygens (including phenoxy) is 1. The van der Waals surface area contributed by atoms with Gasteiger partial charge >= 0.3 is 0 Å². The number of aromatic amines is 1. The van der Waals surface area contributed by atoms with Crippen LogP contribution in [0.3, 0.4) is 0 Å². The topological polar surface area (TPSA) is 42.1 Å². The highest BCUT2D eigenvalue weighted by Gasteiger charge is 2.20. The molecule has 0 atom stereocenters. The summed E-state index contributed by atoms with van der Waals surface area (Å²) in [6.45, 7) is 5.93. The van der Waals surface area contributed by atoms with Gasteiger partial charge in [-0.15, -0.1) is 11.3 Å². The summed E-state index contributed by atoms with van der Waals surface area (Å²) in [5.41, 5.74) is 2.61. The van der Waals surface area contributed by atoms with Crippen LogP contribution in [0.15, 0.2) is 35.8 Å². The van der Waals surface area contributed by atoms with Crippen molar-refractivity contribution in [3.63, 3.8) is 0 Å². The normalized spacial score (nSPS) is 11.2. The SMILES string of the molecule is Cc1ccsc1C(=O)c1c[nH]c2cccc(OC(C)C)c12. The first-order chi connectivity index (χ1) is 10.1. The average molecular weight is 299 g/mol. The molecule has 1 aromatic carbocycles. The van der Waals surface area contributed by atoms with Gasteiger partial charge < -0.3 is 9.72 Å². The number of benzene rings is 1. The van der Waals surface area contributed by atoms with Gasteiger partial charge in [0.2, 0.25) is 5.78 Å². The Labute approximate surface area is 127 Å². The third kappa shape index (κ3) is 2.47. The predicted molar refractivity (Wildman–Crippen MR) is 86.6 cm³/mol. The average Bonchev–Trinajstić information content (AvgIpc) is 3.04. The number of fused-ring (bicyclic) bond motifs is 1. The molecule has 0 unspecified atom stereocenters. The Morgan fingerprint density at radius 3 is 2.76 bits per heavy atom. The molecule has 3 rings (SSSR count). The van der Waals surface area contributed by atoms with E-state index in [0.29, 0.717) is 5.56 Å². The fourth-order valence-corrected chi connectivity index (χ4v) is 3.29. The Morgan fingerprint density at radius 1 is 1.29 bits per heavy atom. The van der Waals surface area contributed by atoms with Crippen LogP contribution in [-0.2, 0) is 0 Å². The van der Waals surface area contributed by atoms with Crippen LogP contribution in [0, 0.1) is 6.92 Å². The Hall–Kier alpha value is -2.07. The summed E-state index contributed by atoms with van der Waals surface area (Å²) >= 11 is 1.48. The number of ketones is 1. The van der Waals surface area contributed by atoms with Crippen LogP contribution in [0.25, 0.3) is 10.9 Å². The highest BCUT2D eigenvalue weighted by atomic mass is 32.1. The molecule has 108 valence electrons. The van der Waals surface area contributed by atoms with E-state index in [4.69, 9.17) is 4.74 Å². The summed E-state index contributed by atoms with van der Waals surface area (Å²) in [6, 6.07) is 7.77.